The minimum atomic E-state index is -0.352. The van der Waals surface area contributed by atoms with Crippen LogP contribution < -0.4 is 4.74 Å². The summed E-state index contributed by atoms with van der Waals surface area (Å²) in [7, 11) is 1.37. The highest BCUT2D eigenvalue weighted by Gasteiger charge is 2.16. The Morgan fingerprint density at radius 1 is 1.08 bits per heavy atom. The van der Waals surface area contributed by atoms with Crippen LogP contribution in [0.1, 0.15) is 48.5 Å². The molecule has 0 aliphatic heterocycles. The van der Waals surface area contributed by atoms with Crippen molar-refractivity contribution in [1.29, 1.82) is 0 Å². The van der Waals surface area contributed by atoms with Gasteiger partial charge in [0.1, 0.15) is 11.5 Å². The van der Waals surface area contributed by atoms with E-state index in [1.54, 1.807) is 24.3 Å². The van der Waals surface area contributed by atoms with Gasteiger partial charge in [-0.05, 0) is 60.2 Å². The van der Waals surface area contributed by atoms with E-state index in [1.807, 2.05) is 18.2 Å². The van der Waals surface area contributed by atoms with Gasteiger partial charge in [0.25, 0.3) is 0 Å². The summed E-state index contributed by atoms with van der Waals surface area (Å²) < 4.78 is 10.5. The molecular formula is C22H26O3. The Labute approximate surface area is 150 Å². The number of carbonyl (C=O) groups is 1. The van der Waals surface area contributed by atoms with Gasteiger partial charge in [0.15, 0.2) is 0 Å². The summed E-state index contributed by atoms with van der Waals surface area (Å²) in [6.45, 7) is 8.34. The zero-order valence-corrected chi connectivity index (χ0v) is 15.2. The summed E-state index contributed by atoms with van der Waals surface area (Å²) in [5, 5.41) is 0. The van der Waals surface area contributed by atoms with Crippen molar-refractivity contribution in [3.8, 4) is 11.5 Å². The monoisotopic (exact) mass is 338 g/mol. The molecule has 132 valence electrons. The Morgan fingerprint density at radius 3 is 2.12 bits per heavy atom. The van der Waals surface area contributed by atoms with Crippen molar-refractivity contribution >= 4 is 5.97 Å². The molecule has 0 saturated heterocycles. The molecule has 3 heteroatoms. The maximum atomic E-state index is 11.4. The van der Waals surface area contributed by atoms with Crippen LogP contribution in [0.4, 0.5) is 0 Å². The largest absolute Gasteiger partial charge is 0.465 e. The highest BCUT2D eigenvalue weighted by atomic mass is 16.5. The summed E-state index contributed by atoms with van der Waals surface area (Å²) in [4.78, 5) is 11.4. The minimum Gasteiger partial charge on any atom is -0.465 e. The average molecular weight is 338 g/mol. The van der Waals surface area contributed by atoms with Crippen LogP contribution in [0.2, 0.25) is 0 Å². The third kappa shape index (κ3) is 4.96. The Hall–Kier alpha value is -2.55. The van der Waals surface area contributed by atoms with Crippen LogP contribution in [0.5, 0.6) is 11.5 Å². The SMILES string of the molecule is C=CCC(CC)C(C)c1ccc(Oc2ccc(C(=O)OC)cc2)cc1. The van der Waals surface area contributed by atoms with E-state index in [4.69, 9.17) is 4.74 Å². The molecule has 2 aromatic rings. The average Bonchev–Trinajstić information content (AvgIpc) is 2.66. The van der Waals surface area contributed by atoms with Crippen molar-refractivity contribution in [3.05, 3.63) is 72.3 Å². The molecule has 0 spiro atoms. The third-order valence-electron chi connectivity index (χ3n) is 4.62. The lowest BCUT2D eigenvalue weighted by Crippen LogP contribution is -2.08. The van der Waals surface area contributed by atoms with Crippen LogP contribution >= 0.6 is 0 Å². The maximum absolute atomic E-state index is 11.4. The third-order valence-corrected chi connectivity index (χ3v) is 4.62. The molecule has 0 heterocycles. The Bertz CT molecular complexity index is 686. The van der Waals surface area contributed by atoms with E-state index in [0.717, 1.165) is 18.6 Å². The van der Waals surface area contributed by atoms with Gasteiger partial charge in [-0.1, -0.05) is 38.5 Å². The van der Waals surface area contributed by atoms with Crippen molar-refractivity contribution in [1.82, 2.24) is 0 Å². The summed E-state index contributed by atoms with van der Waals surface area (Å²) >= 11 is 0. The summed E-state index contributed by atoms with van der Waals surface area (Å²) in [5.41, 5.74) is 1.81. The van der Waals surface area contributed by atoms with E-state index in [0.29, 0.717) is 23.1 Å². The van der Waals surface area contributed by atoms with Gasteiger partial charge in [-0.3, -0.25) is 0 Å². The van der Waals surface area contributed by atoms with Gasteiger partial charge in [0.2, 0.25) is 0 Å². The molecule has 0 aliphatic rings. The fourth-order valence-corrected chi connectivity index (χ4v) is 2.96. The van der Waals surface area contributed by atoms with Crippen molar-refractivity contribution in [2.45, 2.75) is 32.6 Å². The number of carbonyl (C=O) groups excluding carboxylic acids is 1. The number of allylic oxidation sites excluding steroid dienone is 1. The van der Waals surface area contributed by atoms with E-state index in [1.165, 1.54) is 12.7 Å². The van der Waals surface area contributed by atoms with Gasteiger partial charge in [0.05, 0.1) is 12.7 Å². The quantitative estimate of drug-likeness (QED) is 0.439. The smallest absolute Gasteiger partial charge is 0.337 e. The predicted octanol–water partition coefficient (Wildman–Crippen LogP) is 5.97. The van der Waals surface area contributed by atoms with Crippen LogP contribution in [0.15, 0.2) is 61.2 Å². The second-order valence-electron chi connectivity index (χ2n) is 6.17. The number of hydrogen-bond acceptors (Lipinski definition) is 3. The van der Waals surface area contributed by atoms with Crippen molar-refractivity contribution in [2.75, 3.05) is 7.11 Å². The fraction of sp³-hybridized carbons (Fsp3) is 0.318. The predicted molar refractivity (Wildman–Crippen MR) is 101 cm³/mol. The number of benzene rings is 2. The molecule has 2 rings (SSSR count). The minimum absolute atomic E-state index is 0.352. The Morgan fingerprint density at radius 2 is 1.64 bits per heavy atom. The zero-order valence-electron chi connectivity index (χ0n) is 15.2. The van der Waals surface area contributed by atoms with Gasteiger partial charge in [-0.2, -0.15) is 0 Å². The molecule has 0 fully saturated rings. The first-order chi connectivity index (χ1) is 12.1. The first-order valence-corrected chi connectivity index (χ1v) is 8.66. The molecule has 2 unspecified atom stereocenters. The van der Waals surface area contributed by atoms with E-state index >= 15 is 0 Å². The second-order valence-corrected chi connectivity index (χ2v) is 6.17. The molecule has 0 amide bonds. The Kier molecular flexibility index (Phi) is 6.81. The molecule has 0 aliphatic carbocycles. The molecule has 3 nitrogen and oxygen atoms in total. The van der Waals surface area contributed by atoms with Gasteiger partial charge >= 0.3 is 5.97 Å². The van der Waals surface area contributed by atoms with E-state index in [2.05, 4.69) is 37.3 Å². The highest BCUT2D eigenvalue weighted by Crippen LogP contribution is 2.31. The van der Waals surface area contributed by atoms with Gasteiger partial charge in [-0.15, -0.1) is 6.58 Å². The number of hydrogen-bond donors (Lipinski definition) is 0. The Balaban J connectivity index is 2.04. The highest BCUT2D eigenvalue weighted by molar-refractivity contribution is 5.89. The first-order valence-electron chi connectivity index (χ1n) is 8.66. The van der Waals surface area contributed by atoms with Gasteiger partial charge < -0.3 is 9.47 Å². The summed E-state index contributed by atoms with van der Waals surface area (Å²) in [6.07, 6.45) is 4.17. The maximum Gasteiger partial charge on any atom is 0.337 e. The number of ether oxygens (including phenoxy) is 2. The van der Waals surface area contributed by atoms with Gasteiger partial charge in [-0.25, -0.2) is 4.79 Å². The molecule has 0 N–H and O–H groups in total. The first kappa shape index (κ1) is 18.8. The van der Waals surface area contributed by atoms with Crippen molar-refractivity contribution in [2.24, 2.45) is 5.92 Å². The molecule has 2 atom stereocenters. The zero-order chi connectivity index (χ0) is 18.2. The lowest BCUT2D eigenvalue weighted by Gasteiger charge is -2.22. The van der Waals surface area contributed by atoms with Crippen LogP contribution in [0.25, 0.3) is 0 Å². The van der Waals surface area contributed by atoms with E-state index in [-0.39, 0.29) is 5.97 Å². The van der Waals surface area contributed by atoms with Crippen LogP contribution in [0, 0.1) is 5.92 Å². The standard InChI is InChI=1S/C22H26O3/c1-5-7-17(6-2)16(3)18-8-12-20(13-9-18)25-21-14-10-19(11-15-21)22(23)24-4/h5,8-17H,1,6-7H2,2-4H3. The molecule has 2 aromatic carbocycles. The molecular weight excluding hydrogens is 312 g/mol. The van der Waals surface area contributed by atoms with Crippen LogP contribution in [-0.2, 0) is 4.74 Å². The number of esters is 1. The van der Waals surface area contributed by atoms with E-state index in [9.17, 15) is 4.79 Å². The topological polar surface area (TPSA) is 35.5 Å². The molecule has 0 aromatic heterocycles. The summed E-state index contributed by atoms with van der Waals surface area (Å²) in [6, 6.07) is 15.1. The molecule has 0 bridgehead atoms. The summed E-state index contributed by atoms with van der Waals surface area (Å²) in [5.74, 6) is 2.20. The number of rotatable bonds is 8. The number of methoxy groups -OCH3 is 1. The van der Waals surface area contributed by atoms with Crippen molar-refractivity contribution in [3.63, 3.8) is 0 Å². The molecule has 0 radical (unpaired) electrons. The fourth-order valence-electron chi connectivity index (χ4n) is 2.96. The lowest BCUT2D eigenvalue weighted by atomic mass is 9.84. The van der Waals surface area contributed by atoms with Gasteiger partial charge in [0, 0.05) is 0 Å². The second kappa shape index (κ2) is 9.07. The van der Waals surface area contributed by atoms with Crippen LogP contribution in [0.3, 0.4) is 0 Å². The normalized spacial score (nSPS) is 12.9. The lowest BCUT2D eigenvalue weighted by molar-refractivity contribution is 0.0600. The molecule has 0 saturated carbocycles. The molecule has 25 heavy (non-hydrogen) atoms. The van der Waals surface area contributed by atoms with Crippen LogP contribution in [-0.4, -0.2) is 13.1 Å². The van der Waals surface area contributed by atoms with E-state index < -0.39 is 0 Å². The van der Waals surface area contributed by atoms with Crippen molar-refractivity contribution < 1.29 is 14.3 Å².